The average Bonchev–Trinajstić information content (AvgIpc) is 3.64. The zero-order valence-electron chi connectivity index (χ0n) is 27.2. The number of benzene rings is 3. The van der Waals surface area contributed by atoms with Crippen molar-refractivity contribution in [3.8, 4) is 33.9 Å². The van der Waals surface area contributed by atoms with Gasteiger partial charge < -0.3 is 4.90 Å². The van der Waals surface area contributed by atoms with Crippen molar-refractivity contribution in [3.05, 3.63) is 174 Å². The molecule has 3 unspecified atom stereocenters. The number of aromatic nitrogens is 6. The minimum absolute atomic E-state index is 0.0219. The zero-order chi connectivity index (χ0) is 33.2. The van der Waals surface area contributed by atoms with E-state index in [0.717, 1.165) is 28.9 Å². The molecule has 6 aromatic rings. The van der Waals surface area contributed by atoms with Crippen LogP contribution in [0.1, 0.15) is 52.1 Å². The summed E-state index contributed by atoms with van der Waals surface area (Å²) in [5, 5.41) is 0. The van der Waals surface area contributed by atoms with Gasteiger partial charge >= 0.3 is 0 Å². The summed E-state index contributed by atoms with van der Waals surface area (Å²) in [6.45, 7) is 0. The fraction of sp³-hybridized carbons (Fsp3) is 0.119. The summed E-state index contributed by atoms with van der Waals surface area (Å²) >= 11 is 0. The largest absolute Gasteiger partial charge is 0.355 e. The predicted octanol–water partition coefficient (Wildman–Crippen LogP) is 7.74. The standard InChI is InChI=1S/C42H30N8/c1-50-21-5-20-49-41(50)29-9-13-33-32-12-8-28(40-47-18-4-19-48-40)24-36(32)42(37(33)25-29)34-22-26(38-43-14-2-15-44-38)6-10-30(34)31-11-7-27(23-35(31)42)39-45-16-3-17-46-39/h2-22,24-25,27,41H,23H2,1H3. The van der Waals surface area contributed by atoms with Gasteiger partial charge in [-0.2, -0.15) is 0 Å². The molecule has 4 aliphatic rings. The molecule has 0 radical (unpaired) electrons. The van der Waals surface area contributed by atoms with Gasteiger partial charge in [0.15, 0.2) is 11.6 Å². The maximum atomic E-state index is 4.90. The predicted molar refractivity (Wildman–Crippen MR) is 194 cm³/mol. The van der Waals surface area contributed by atoms with Gasteiger partial charge in [0.2, 0.25) is 0 Å². The summed E-state index contributed by atoms with van der Waals surface area (Å²) in [5.74, 6) is 2.24. The number of hydrogen-bond donors (Lipinski definition) is 0. The van der Waals surface area contributed by atoms with Crippen LogP contribution in [0.15, 0.2) is 145 Å². The molecular weight excluding hydrogens is 617 g/mol. The molecule has 8 heteroatoms. The van der Waals surface area contributed by atoms with Crippen molar-refractivity contribution in [2.75, 3.05) is 7.05 Å². The molecule has 0 N–H and O–H groups in total. The highest BCUT2D eigenvalue weighted by molar-refractivity contribution is 5.98. The third-order valence-corrected chi connectivity index (χ3v) is 10.5. The first-order chi connectivity index (χ1) is 24.7. The summed E-state index contributed by atoms with van der Waals surface area (Å²) in [6.07, 6.45) is 22.0. The van der Waals surface area contributed by atoms with E-state index in [9.17, 15) is 0 Å². The van der Waals surface area contributed by atoms with Crippen LogP contribution in [0.3, 0.4) is 0 Å². The molecule has 238 valence electrons. The van der Waals surface area contributed by atoms with Crippen molar-refractivity contribution in [2.24, 2.45) is 4.99 Å². The molecular formula is C42H30N8. The Morgan fingerprint density at radius 1 is 0.660 bits per heavy atom. The van der Waals surface area contributed by atoms with Crippen LogP contribution in [-0.4, -0.2) is 48.1 Å². The highest BCUT2D eigenvalue weighted by Crippen LogP contribution is 2.65. The van der Waals surface area contributed by atoms with E-state index in [1.165, 1.54) is 44.5 Å². The monoisotopic (exact) mass is 646 g/mol. The normalized spacial score (nSPS) is 20.9. The van der Waals surface area contributed by atoms with E-state index < -0.39 is 5.41 Å². The van der Waals surface area contributed by atoms with Crippen LogP contribution in [0.25, 0.3) is 39.5 Å². The minimum Gasteiger partial charge on any atom is -0.355 e. The number of hydrogen-bond acceptors (Lipinski definition) is 8. The summed E-state index contributed by atoms with van der Waals surface area (Å²) in [7, 11) is 2.08. The third-order valence-electron chi connectivity index (χ3n) is 10.5. The van der Waals surface area contributed by atoms with E-state index in [1.807, 2.05) is 42.9 Å². The van der Waals surface area contributed by atoms with Crippen molar-refractivity contribution < 1.29 is 0 Å². The maximum absolute atomic E-state index is 4.90. The summed E-state index contributed by atoms with van der Waals surface area (Å²) in [6, 6.07) is 25.9. The van der Waals surface area contributed by atoms with Gasteiger partial charge in [0, 0.05) is 73.7 Å². The van der Waals surface area contributed by atoms with Gasteiger partial charge in [0.25, 0.3) is 0 Å². The summed E-state index contributed by atoms with van der Waals surface area (Å²) < 4.78 is 0. The van der Waals surface area contributed by atoms with Crippen LogP contribution in [0.4, 0.5) is 0 Å². The average molecular weight is 647 g/mol. The van der Waals surface area contributed by atoms with Crippen molar-refractivity contribution >= 4 is 11.8 Å². The van der Waals surface area contributed by atoms with E-state index in [0.29, 0.717) is 11.6 Å². The van der Waals surface area contributed by atoms with Gasteiger partial charge in [-0.15, -0.1) is 0 Å². The van der Waals surface area contributed by atoms with Gasteiger partial charge in [-0.3, -0.25) is 4.99 Å². The van der Waals surface area contributed by atoms with Crippen LogP contribution >= 0.6 is 0 Å². The molecule has 0 amide bonds. The Morgan fingerprint density at radius 3 is 1.90 bits per heavy atom. The van der Waals surface area contributed by atoms with Crippen LogP contribution in [-0.2, 0) is 5.41 Å². The quantitative estimate of drug-likeness (QED) is 0.193. The van der Waals surface area contributed by atoms with E-state index in [4.69, 9.17) is 15.0 Å². The van der Waals surface area contributed by atoms with E-state index in [1.54, 1.807) is 24.8 Å². The first-order valence-electron chi connectivity index (χ1n) is 16.8. The van der Waals surface area contributed by atoms with Crippen LogP contribution < -0.4 is 0 Å². The molecule has 4 heterocycles. The first kappa shape index (κ1) is 28.6. The number of allylic oxidation sites excluding steroid dienone is 5. The lowest BCUT2D eigenvalue weighted by atomic mass is 9.66. The lowest BCUT2D eigenvalue weighted by molar-refractivity contribution is 0.345. The van der Waals surface area contributed by atoms with Crippen LogP contribution in [0, 0.1) is 0 Å². The highest BCUT2D eigenvalue weighted by atomic mass is 15.2. The van der Waals surface area contributed by atoms with Crippen molar-refractivity contribution in [3.63, 3.8) is 0 Å². The number of fused-ring (bicyclic) bond motifs is 9. The molecule has 3 atom stereocenters. The Morgan fingerprint density at radius 2 is 1.24 bits per heavy atom. The number of aliphatic imine (C=N–C) groups is 1. The van der Waals surface area contributed by atoms with Gasteiger partial charge in [-0.05, 0) is 99.0 Å². The van der Waals surface area contributed by atoms with Crippen LogP contribution in [0.2, 0.25) is 0 Å². The Bertz CT molecular complexity index is 2440. The molecule has 8 nitrogen and oxygen atoms in total. The maximum Gasteiger partial charge on any atom is 0.159 e. The van der Waals surface area contributed by atoms with Crippen molar-refractivity contribution in [2.45, 2.75) is 23.9 Å². The highest BCUT2D eigenvalue weighted by Gasteiger charge is 2.54. The smallest absolute Gasteiger partial charge is 0.159 e. The van der Waals surface area contributed by atoms with Crippen molar-refractivity contribution in [1.29, 1.82) is 0 Å². The minimum atomic E-state index is -0.620. The lowest BCUT2D eigenvalue weighted by Crippen LogP contribution is -2.29. The Kier molecular flexibility index (Phi) is 6.33. The number of rotatable bonds is 4. The first-order valence-corrected chi connectivity index (χ1v) is 16.8. The lowest BCUT2D eigenvalue weighted by Gasteiger charge is -2.36. The van der Waals surface area contributed by atoms with E-state index >= 15 is 0 Å². The molecule has 3 aliphatic carbocycles. The molecule has 10 rings (SSSR count). The van der Waals surface area contributed by atoms with E-state index in [2.05, 4.69) is 105 Å². The molecule has 3 aromatic heterocycles. The van der Waals surface area contributed by atoms with Gasteiger partial charge in [-0.1, -0.05) is 48.6 Å². The van der Waals surface area contributed by atoms with Gasteiger partial charge in [0.1, 0.15) is 12.0 Å². The summed E-state index contributed by atoms with van der Waals surface area (Å²) in [4.78, 5) is 35.1. The second-order valence-electron chi connectivity index (χ2n) is 13.1. The molecule has 0 fully saturated rings. The molecule has 1 aliphatic heterocycles. The fourth-order valence-corrected chi connectivity index (χ4v) is 8.35. The molecule has 0 saturated carbocycles. The molecule has 1 spiro atoms. The topological polar surface area (TPSA) is 92.9 Å². The Balaban J connectivity index is 1.28. The molecule has 0 saturated heterocycles. The number of nitrogens with zero attached hydrogens (tertiary/aromatic N) is 8. The van der Waals surface area contributed by atoms with Crippen molar-refractivity contribution in [1.82, 2.24) is 34.8 Å². The molecule has 3 aromatic carbocycles. The molecule has 0 bridgehead atoms. The second-order valence-corrected chi connectivity index (χ2v) is 13.1. The van der Waals surface area contributed by atoms with Crippen LogP contribution in [0.5, 0.6) is 0 Å². The fourth-order valence-electron chi connectivity index (χ4n) is 8.35. The third kappa shape index (κ3) is 4.14. The Hall–Kier alpha value is -6.41. The Labute approximate surface area is 289 Å². The molecule has 50 heavy (non-hydrogen) atoms. The van der Waals surface area contributed by atoms with Gasteiger partial charge in [0.05, 0.1) is 5.41 Å². The SMILES string of the molecule is CN1C=CC=NC1c1ccc2c(c1)C1(C3=C(C=CC(c4ncccn4)C3)c3ccc(-c4ncccn4)cc31)c1cc(-c3ncccn3)ccc1-2. The van der Waals surface area contributed by atoms with Gasteiger partial charge in [-0.25, -0.2) is 29.9 Å². The zero-order valence-corrected chi connectivity index (χ0v) is 27.2. The second kappa shape index (κ2) is 11.1. The summed E-state index contributed by atoms with van der Waals surface area (Å²) in [5.41, 5.74) is 12.4. The van der Waals surface area contributed by atoms with E-state index in [-0.39, 0.29) is 12.1 Å².